The quantitative estimate of drug-likeness (QED) is 0.543. The first-order valence-electron chi connectivity index (χ1n) is 9.69. The molecule has 1 N–H and O–H groups in total. The van der Waals surface area contributed by atoms with Crippen LogP contribution in [0.1, 0.15) is 18.1 Å². The van der Waals surface area contributed by atoms with Gasteiger partial charge in [-0.15, -0.1) is 0 Å². The third kappa shape index (κ3) is 5.42. The second-order valence-corrected chi connectivity index (χ2v) is 6.87. The van der Waals surface area contributed by atoms with Crippen LogP contribution in [0, 0.1) is 0 Å². The van der Waals surface area contributed by atoms with Gasteiger partial charge in [0.1, 0.15) is 0 Å². The average molecular weight is 424 g/mol. The number of ether oxygens (including phenoxy) is 3. The van der Waals surface area contributed by atoms with Crippen molar-refractivity contribution in [1.29, 1.82) is 0 Å². The maximum Gasteiger partial charge on any atom is 0.330 e. The molecule has 0 saturated carbocycles. The highest BCUT2D eigenvalue weighted by molar-refractivity contribution is 5.96. The van der Waals surface area contributed by atoms with Gasteiger partial charge in [0.25, 0.3) is 5.91 Å². The SMILES string of the molecule is COC(=O)C=Cc1ccc(OCC(=O)Nc2ccc3c(c2)CCN3C(C)=O)c(OC)c1. The Hall–Kier alpha value is -3.81. The first-order valence-corrected chi connectivity index (χ1v) is 9.69. The Morgan fingerprint density at radius 3 is 2.61 bits per heavy atom. The summed E-state index contributed by atoms with van der Waals surface area (Å²) in [5.74, 6) is 0.0555. The minimum atomic E-state index is -0.462. The fourth-order valence-electron chi connectivity index (χ4n) is 3.29. The van der Waals surface area contributed by atoms with Gasteiger partial charge in [0.05, 0.1) is 14.2 Å². The molecular formula is C23H24N2O6. The van der Waals surface area contributed by atoms with Crippen molar-refractivity contribution in [1.82, 2.24) is 0 Å². The van der Waals surface area contributed by atoms with Crippen LogP contribution in [0.15, 0.2) is 42.5 Å². The molecule has 0 spiro atoms. The number of carbonyl (C=O) groups excluding carboxylic acids is 3. The smallest absolute Gasteiger partial charge is 0.330 e. The van der Waals surface area contributed by atoms with Crippen molar-refractivity contribution in [2.24, 2.45) is 0 Å². The monoisotopic (exact) mass is 424 g/mol. The van der Waals surface area contributed by atoms with Gasteiger partial charge in [0.15, 0.2) is 18.1 Å². The molecule has 0 aromatic heterocycles. The van der Waals surface area contributed by atoms with E-state index in [-0.39, 0.29) is 18.4 Å². The van der Waals surface area contributed by atoms with Crippen molar-refractivity contribution in [2.45, 2.75) is 13.3 Å². The summed E-state index contributed by atoms with van der Waals surface area (Å²) in [7, 11) is 2.80. The third-order valence-electron chi connectivity index (χ3n) is 4.80. The molecule has 8 nitrogen and oxygen atoms in total. The van der Waals surface area contributed by atoms with Gasteiger partial charge in [0, 0.05) is 30.9 Å². The number of rotatable bonds is 7. The van der Waals surface area contributed by atoms with E-state index < -0.39 is 5.97 Å². The van der Waals surface area contributed by atoms with Crippen LogP contribution in [0.5, 0.6) is 11.5 Å². The Bertz CT molecular complexity index is 1030. The molecule has 2 aromatic rings. The van der Waals surface area contributed by atoms with Crippen molar-refractivity contribution < 1.29 is 28.6 Å². The average Bonchev–Trinajstić information content (AvgIpc) is 3.19. The lowest BCUT2D eigenvalue weighted by Gasteiger charge is -2.15. The predicted molar refractivity (Wildman–Crippen MR) is 116 cm³/mol. The summed E-state index contributed by atoms with van der Waals surface area (Å²) in [6.45, 7) is 1.98. The number of hydrogen-bond acceptors (Lipinski definition) is 6. The normalized spacial score (nSPS) is 12.4. The fraction of sp³-hybridized carbons (Fsp3) is 0.261. The number of carbonyl (C=O) groups is 3. The standard InChI is InChI=1S/C23H24N2O6/c1-15(26)25-11-10-17-13-18(6-7-19(17)25)24-22(27)14-31-20-8-4-16(12-21(20)29-2)5-9-23(28)30-3/h4-9,12-13H,10-11,14H2,1-3H3,(H,24,27). The number of esters is 1. The van der Waals surface area contributed by atoms with E-state index in [1.165, 1.54) is 20.3 Å². The Morgan fingerprint density at radius 1 is 1.10 bits per heavy atom. The van der Waals surface area contributed by atoms with E-state index in [0.29, 0.717) is 23.7 Å². The summed E-state index contributed by atoms with van der Waals surface area (Å²) in [5, 5.41) is 2.80. The van der Waals surface area contributed by atoms with Gasteiger partial charge in [-0.1, -0.05) is 6.07 Å². The first-order chi connectivity index (χ1) is 14.9. The van der Waals surface area contributed by atoms with Gasteiger partial charge in [-0.05, 0) is 54.0 Å². The van der Waals surface area contributed by atoms with Crippen molar-refractivity contribution in [3.8, 4) is 11.5 Å². The second-order valence-electron chi connectivity index (χ2n) is 6.87. The van der Waals surface area contributed by atoms with Crippen LogP contribution in [0.25, 0.3) is 6.08 Å². The molecular weight excluding hydrogens is 400 g/mol. The van der Waals surface area contributed by atoms with Gasteiger partial charge in [-0.25, -0.2) is 4.79 Å². The maximum atomic E-state index is 12.3. The summed E-state index contributed by atoms with van der Waals surface area (Å²) >= 11 is 0. The van der Waals surface area contributed by atoms with E-state index in [1.54, 1.807) is 42.2 Å². The predicted octanol–water partition coefficient (Wildman–Crippen LogP) is 2.81. The van der Waals surface area contributed by atoms with Crippen molar-refractivity contribution in [2.75, 3.05) is 37.6 Å². The molecule has 1 aliphatic rings. The Morgan fingerprint density at radius 2 is 1.90 bits per heavy atom. The largest absolute Gasteiger partial charge is 0.493 e. The Kier molecular flexibility index (Phi) is 6.92. The van der Waals surface area contributed by atoms with E-state index in [4.69, 9.17) is 9.47 Å². The van der Waals surface area contributed by atoms with Crippen LogP contribution >= 0.6 is 0 Å². The number of amides is 2. The molecule has 0 saturated heterocycles. The van der Waals surface area contributed by atoms with Crippen LogP contribution in [-0.2, 0) is 25.5 Å². The molecule has 0 radical (unpaired) electrons. The number of nitrogens with one attached hydrogen (secondary N) is 1. The highest BCUT2D eigenvalue weighted by Crippen LogP contribution is 2.31. The lowest BCUT2D eigenvalue weighted by molar-refractivity contribution is -0.134. The van der Waals surface area contributed by atoms with Crippen LogP contribution in [-0.4, -0.2) is 45.2 Å². The molecule has 31 heavy (non-hydrogen) atoms. The summed E-state index contributed by atoms with van der Waals surface area (Å²) in [6, 6.07) is 10.6. The molecule has 0 bridgehead atoms. The zero-order valence-corrected chi connectivity index (χ0v) is 17.6. The molecule has 162 valence electrons. The molecule has 0 fully saturated rings. The van der Waals surface area contributed by atoms with E-state index >= 15 is 0 Å². The highest BCUT2D eigenvalue weighted by atomic mass is 16.5. The summed E-state index contributed by atoms with van der Waals surface area (Å²) in [5.41, 5.74) is 3.27. The zero-order chi connectivity index (χ0) is 22.4. The molecule has 2 amide bonds. The fourth-order valence-corrected chi connectivity index (χ4v) is 3.29. The van der Waals surface area contributed by atoms with Gasteiger partial charge in [-0.2, -0.15) is 0 Å². The first kappa shape index (κ1) is 21.9. The molecule has 1 heterocycles. The van der Waals surface area contributed by atoms with E-state index in [9.17, 15) is 14.4 Å². The molecule has 0 unspecified atom stereocenters. The van der Waals surface area contributed by atoms with Crippen LogP contribution in [0.4, 0.5) is 11.4 Å². The number of nitrogens with zero attached hydrogens (tertiary/aromatic N) is 1. The van der Waals surface area contributed by atoms with Crippen molar-refractivity contribution in [3.63, 3.8) is 0 Å². The van der Waals surface area contributed by atoms with Gasteiger partial charge >= 0.3 is 5.97 Å². The third-order valence-corrected chi connectivity index (χ3v) is 4.80. The molecule has 2 aromatic carbocycles. The Balaban J connectivity index is 1.60. The number of methoxy groups -OCH3 is 2. The van der Waals surface area contributed by atoms with E-state index in [0.717, 1.165) is 23.2 Å². The lowest BCUT2D eigenvalue weighted by atomic mass is 10.1. The Labute approximate surface area is 180 Å². The minimum Gasteiger partial charge on any atom is -0.493 e. The van der Waals surface area contributed by atoms with Crippen LogP contribution in [0.3, 0.4) is 0 Å². The molecule has 3 rings (SSSR count). The zero-order valence-electron chi connectivity index (χ0n) is 17.6. The van der Waals surface area contributed by atoms with Gasteiger partial charge < -0.3 is 24.4 Å². The van der Waals surface area contributed by atoms with Gasteiger partial charge in [0.2, 0.25) is 5.91 Å². The molecule has 1 aliphatic heterocycles. The number of anilines is 2. The molecule has 0 aliphatic carbocycles. The van der Waals surface area contributed by atoms with Crippen molar-refractivity contribution >= 4 is 35.2 Å². The molecule has 8 heteroatoms. The number of hydrogen-bond donors (Lipinski definition) is 1. The maximum absolute atomic E-state index is 12.3. The second kappa shape index (κ2) is 9.80. The van der Waals surface area contributed by atoms with E-state index in [2.05, 4.69) is 10.1 Å². The summed E-state index contributed by atoms with van der Waals surface area (Å²) < 4.78 is 15.5. The van der Waals surface area contributed by atoms with Crippen LogP contribution < -0.4 is 19.7 Å². The van der Waals surface area contributed by atoms with Crippen LogP contribution in [0.2, 0.25) is 0 Å². The van der Waals surface area contributed by atoms with Crippen molar-refractivity contribution in [3.05, 3.63) is 53.6 Å². The summed E-state index contributed by atoms with van der Waals surface area (Å²) in [6.07, 6.45) is 3.64. The summed E-state index contributed by atoms with van der Waals surface area (Å²) in [4.78, 5) is 36.9. The molecule has 0 atom stereocenters. The van der Waals surface area contributed by atoms with Gasteiger partial charge in [-0.3, -0.25) is 9.59 Å². The number of fused-ring (bicyclic) bond motifs is 1. The minimum absolute atomic E-state index is 0.00434. The topological polar surface area (TPSA) is 94.2 Å². The number of benzene rings is 2. The lowest BCUT2D eigenvalue weighted by Crippen LogP contribution is -2.25. The highest BCUT2D eigenvalue weighted by Gasteiger charge is 2.22. The van der Waals surface area contributed by atoms with E-state index in [1.807, 2.05) is 12.1 Å².